The van der Waals surface area contributed by atoms with Crippen LogP contribution in [0, 0.1) is 21.7 Å². The van der Waals surface area contributed by atoms with Crippen molar-refractivity contribution >= 4 is 22.6 Å². The number of halogens is 2. The molecule has 0 atom stereocenters. The summed E-state index contributed by atoms with van der Waals surface area (Å²) in [5, 5.41) is 10.4. The molecule has 94 valence electrons. The lowest BCUT2D eigenvalue weighted by atomic mass is 10.2. The van der Waals surface area contributed by atoms with Crippen LogP contribution in [0.3, 0.4) is 0 Å². The molecule has 0 amide bonds. The minimum Gasteiger partial charge on any atom is -0.464 e. The van der Waals surface area contributed by atoms with Crippen LogP contribution in [0.1, 0.15) is 10.5 Å². The molecular formula is C10H6F2N2O4. The normalized spacial score (nSPS) is 10.6. The van der Waals surface area contributed by atoms with Gasteiger partial charge in [0.05, 0.1) is 17.5 Å². The Kier molecular flexibility index (Phi) is 2.70. The molecule has 0 aliphatic heterocycles. The molecule has 0 fully saturated rings. The van der Waals surface area contributed by atoms with Gasteiger partial charge < -0.3 is 9.72 Å². The Morgan fingerprint density at radius 3 is 2.67 bits per heavy atom. The van der Waals surface area contributed by atoms with E-state index in [1.54, 1.807) is 0 Å². The number of nitrogens with zero attached hydrogens (tertiary/aromatic N) is 1. The van der Waals surface area contributed by atoms with E-state index in [1.807, 2.05) is 0 Å². The summed E-state index contributed by atoms with van der Waals surface area (Å²) in [5.74, 6) is -3.06. The van der Waals surface area contributed by atoms with Crippen molar-refractivity contribution in [2.24, 2.45) is 0 Å². The van der Waals surface area contributed by atoms with Gasteiger partial charge in [-0.3, -0.25) is 10.1 Å². The van der Waals surface area contributed by atoms with E-state index in [1.165, 1.54) is 0 Å². The van der Waals surface area contributed by atoms with E-state index in [0.717, 1.165) is 13.2 Å². The first-order valence-corrected chi connectivity index (χ1v) is 4.69. The molecule has 8 heteroatoms. The van der Waals surface area contributed by atoms with Crippen LogP contribution in [0.25, 0.3) is 10.9 Å². The topological polar surface area (TPSA) is 85.2 Å². The molecule has 6 nitrogen and oxygen atoms in total. The fraction of sp³-hybridized carbons (Fsp3) is 0.100. The van der Waals surface area contributed by atoms with Crippen LogP contribution in [0.4, 0.5) is 14.5 Å². The van der Waals surface area contributed by atoms with Crippen LogP contribution >= 0.6 is 0 Å². The van der Waals surface area contributed by atoms with E-state index in [2.05, 4.69) is 9.72 Å². The molecule has 0 bridgehead atoms. The van der Waals surface area contributed by atoms with Crippen molar-refractivity contribution in [1.82, 2.24) is 4.98 Å². The first-order chi connectivity index (χ1) is 8.45. The minimum atomic E-state index is -1.12. The number of carbonyl (C=O) groups excluding carboxylic acids is 1. The quantitative estimate of drug-likeness (QED) is 0.506. The van der Waals surface area contributed by atoms with Crippen LogP contribution in [0.5, 0.6) is 0 Å². The van der Waals surface area contributed by atoms with Crippen molar-refractivity contribution in [2.45, 2.75) is 0 Å². The average Bonchev–Trinajstić information content (AvgIpc) is 2.67. The Bertz CT molecular complexity index is 665. The van der Waals surface area contributed by atoms with Crippen molar-refractivity contribution < 1.29 is 23.2 Å². The summed E-state index contributed by atoms with van der Waals surface area (Å²) in [6.45, 7) is 0. The lowest BCUT2D eigenvalue weighted by Gasteiger charge is -1.95. The van der Waals surface area contributed by atoms with Gasteiger partial charge >= 0.3 is 11.7 Å². The number of hydrogen-bond donors (Lipinski definition) is 1. The van der Waals surface area contributed by atoms with Gasteiger partial charge in [0.25, 0.3) is 0 Å². The monoisotopic (exact) mass is 256 g/mol. The van der Waals surface area contributed by atoms with Gasteiger partial charge in [0.2, 0.25) is 5.69 Å². The van der Waals surface area contributed by atoms with Gasteiger partial charge in [-0.25, -0.2) is 13.6 Å². The van der Waals surface area contributed by atoms with Gasteiger partial charge in [-0.15, -0.1) is 0 Å². The zero-order valence-corrected chi connectivity index (χ0v) is 8.99. The molecule has 1 N–H and O–H groups in total. The Morgan fingerprint density at radius 2 is 2.11 bits per heavy atom. The average molecular weight is 256 g/mol. The second-order valence-corrected chi connectivity index (χ2v) is 3.41. The molecule has 0 aliphatic rings. The number of methoxy groups -OCH3 is 1. The lowest BCUT2D eigenvalue weighted by molar-refractivity contribution is -0.383. The summed E-state index contributed by atoms with van der Waals surface area (Å²) in [5.41, 5.74) is -1.48. The number of fused-ring (bicyclic) bond motifs is 1. The van der Waals surface area contributed by atoms with Crippen LogP contribution < -0.4 is 0 Å². The first kappa shape index (κ1) is 12.0. The number of aromatic amines is 1. The number of hydrogen-bond acceptors (Lipinski definition) is 4. The number of nitrogens with one attached hydrogen (secondary N) is 1. The van der Waals surface area contributed by atoms with Crippen LogP contribution in [0.2, 0.25) is 0 Å². The summed E-state index contributed by atoms with van der Waals surface area (Å²) in [7, 11) is 1.02. The van der Waals surface area contributed by atoms with Crippen molar-refractivity contribution in [1.29, 1.82) is 0 Å². The van der Waals surface area contributed by atoms with Gasteiger partial charge in [-0.2, -0.15) is 0 Å². The van der Waals surface area contributed by atoms with E-state index in [-0.39, 0.29) is 5.52 Å². The summed E-state index contributed by atoms with van der Waals surface area (Å²) >= 11 is 0. The highest BCUT2D eigenvalue weighted by molar-refractivity contribution is 6.03. The molecule has 0 saturated heterocycles. The summed E-state index contributed by atoms with van der Waals surface area (Å²) in [6.07, 6.45) is 0. The molecule has 0 unspecified atom stereocenters. The maximum Gasteiger partial charge on any atom is 0.361 e. The van der Waals surface area contributed by atoms with Gasteiger partial charge in [-0.05, 0) is 6.07 Å². The number of esters is 1. The fourth-order valence-electron chi connectivity index (χ4n) is 1.66. The Balaban J connectivity index is 2.88. The summed E-state index contributed by atoms with van der Waals surface area (Å²) in [4.78, 5) is 23.6. The van der Waals surface area contributed by atoms with Crippen LogP contribution in [-0.2, 0) is 4.74 Å². The Labute approximate surface area is 98.3 Å². The third-order valence-electron chi connectivity index (χ3n) is 2.36. The molecule has 1 aromatic carbocycles. The Hall–Kier alpha value is -2.51. The van der Waals surface area contributed by atoms with Gasteiger partial charge in [0.1, 0.15) is 17.0 Å². The number of rotatable bonds is 2. The molecular weight excluding hydrogens is 250 g/mol. The first-order valence-electron chi connectivity index (χ1n) is 4.69. The third-order valence-corrected chi connectivity index (χ3v) is 2.36. The molecule has 18 heavy (non-hydrogen) atoms. The number of nitro groups is 1. The standard InChI is InChI=1S/C10H6F2N2O4/c1-18-10(15)8-9(14(16)17)7-5(12)2-4(11)3-6(7)13-8/h2-3,13H,1H3. The number of benzene rings is 1. The SMILES string of the molecule is COC(=O)c1[nH]c2cc(F)cc(F)c2c1[N+](=O)[O-]. The highest BCUT2D eigenvalue weighted by Crippen LogP contribution is 2.32. The second kappa shape index (κ2) is 4.06. The Morgan fingerprint density at radius 1 is 1.44 bits per heavy atom. The van der Waals surface area contributed by atoms with Crippen molar-refractivity contribution in [3.8, 4) is 0 Å². The molecule has 0 spiro atoms. The number of carbonyl (C=O) groups is 1. The maximum absolute atomic E-state index is 13.5. The maximum atomic E-state index is 13.5. The highest BCUT2D eigenvalue weighted by atomic mass is 19.1. The molecule has 1 aromatic heterocycles. The van der Waals surface area contributed by atoms with E-state index >= 15 is 0 Å². The zero-order valence-electron chi connectivity index (χ0n) is 8.99. The molecule has 2 aromatic rings. The van der Waals surface area contributed by atoms with Crippen LogP contribution in [-0.4, -0.2) is 23.0 Å². The van der Waals surface area contributed by atoms with Crippen molar-refractivity contribution in [2.75, 3.05) is 7.11 Å². The number of H-pyrrole nitrogens is 1. The van der Waals surface area contributed by atoms with Gasteiger partial charge in [-0.1, -0.05) is 0 Å². The zero-order chi connectivity index (χ0) is 13.4. The fourth-order valence-corrected chi connectivity index (χ4v) is 1.66. The number of ether oxygens (including phenoxy) is 1. The smallest absolute Gasteiger partial charge is 0.361 e. The lowest BCUT2D eigenvalue weighted by Crippen LogP contribution is -2.04. The molecule has 2 rings (SSSR count). The molecule has 0 saturated carbocycles. The van der Waals surface area contributed by atoms with E-state index in [0.29, 0.717) is 6.07 Å². The van der Waals surface area contributed by atoms with Gasteiger partial charge in [0, 0.05) is 6.07 Å². The van der Waals surface area contributed by atoms with Gasteiger partial charge in [0.15, 0.2) is 0 Å². The van der Waals surface area contributed by atoms with Crippen molar-refractivity contribution in [3.63, 3.8) is 0 Å². The molecule has 0 radical (unpaired) electrons. The van der Waals surface area contributed by atoms with E-state index < -0.39 is 39.3 Å². The predicted molar refractivity (Wildman–Crippen MR) is 56.2 cm³/mol. The van der Waals surface area contributed by atoms with Crippen LogP contribution in [0.15, 0.2) is 12.1 Å². The van der Waals surface area contributed by atoms with E-state index in [4.69, 9.17) is 0 Å². The largest absolute Gasteiger partial charge is 0.464 e. The molecule has 1 heterocycles. The minimum absolute atomic E-state index is 0.181. The number of aromatic nitrogens is 1. The predicted octanol–water partition coefficient (Wildman–Crippen LogP) is 2.14. The highest BCUT2D eigenvalue weighted by Gasteiger charge is 2.30. The summed E-state index contributed by atoms with van der Waals surface area (Å²) in [6, 6.07) is 1.36. The second-order valence-electron chi connectivity index (χ2n) is 3.41. The molecule has 0 aliphatic carbocycles. The third kappa shape index (κ3) is 1.67. The summed E-state index contributed by atoms with van der Waals surface area (Å²) < 4.78 is 30.8. The van der Waals surface area contributed by atoms with Crippen molar-refractivity contribution in [3.05, 3.63) is 39.6 Å². The van der Waals surface area contributed by atoms with E-state index in [9.17, 15) is 23.7 Å².